The zero-order valence-corrected chi connectivity index (χ0v) is 15.0. The van der Waals surface area contributed by atoms with Crippen molar-refractivity contribution in [2.45, 2.75) is 13.8 Å². The fraction of sp³-hybridized carbons (Fsp3) is 0.278. The van der Waals surface area contributed by atoms with Crippen molar-refractivity contribution in [3.05, 3.63) is 52.3 Å². The highest BCUT2D eigenvalue weighted by atomic mass is 35.5. The number of ether oxygens (including phenoxy) is 2. The van der Waals surface area contributed by atoms with Gasteiger partial charge in [-0.3, -0.25) is 9.48 Å². The molecule has 2 rings (SSSR count). The lowest BCUT2D eigenvalue weighted by molar-refractivity contribution is -0.136. The highest BCUT2D eigenvalue weighted by molar-refractivity contribution is 6.31. The first-order chi connectivity index (χ1) is 11.9. The number of aromatic nitrogens is 2. The van der Waals surface area contributed by atoms with E-state index in [1.165, 1.54) is 16.8 Å². The molecule has 0 amide bonds. The number of hydrogen-bond donors (Lipinski definition) is 0. The van der Waals surface area contributed by atoms with Gasteiger partial charge in [-0.25, -0.2) is 4.79 Å². The molecule has 0 N–H and O–H groups in total. The molecule has 0 aliphatic rings. The third-order valence-electron chi connectivity index (χ3n) is 3.42. The predicted octanol–water partition coefficient (Wildman–Crippen LogP) is 3.22. The van der Waals surface area contributed by atoms with Crippen LogP contribution >= 0.6 is 11.6 Å². The minimum Gasteiger partial charge on any atom is -0.494 e. The third kappa shape index (κ3) is 4.93. The summed E-state index contributed by atoms with van der Waals surface area (Å²) in [7, 11) is 1.71. The van der Waals surface area contributed by atoms with E-state index < -0.39 is 5.97 Å². The van der Waals surface area contributed by atoms with E-state index in [-0.39, 0.29) is 12.4 Å². The Labute approximate surface area is 151 Å². The van der Waals surface area contributed by atoms with Crippen LogP contribution in [0.5, 0.6) is 5.75 Å². The number of Topliss-reactive ketones (excluding diaryl/α,β-unsaturated/α-hetero) is 1. The third-order valence-corrected chi connectivity index (χ3v) is 3.86. The molecule has 25 heavy (non-hydrogen) atoms. The minimum atomic E-state index is -0.626. The zero-order valence-electron chi connectivity index (χ0n) is 14.3. The van der Waals surface area contributed by atoms with E-state index in [0.29, 0.717) is 34.3 Å². The number of halogens is 1. The monoisotopic (exact) mass is 362 g/mol. The fourth-order valence-corrected chi connectivity index (χ4v) is 2.40. The van der Waals surface area contributed by atoms with Crippen LogP contribution in [0.15, 0.2) is 30.3 Å². The molecule has 1 aromatic carbocycles. The number of benzene rings is 1. The van der Waals surface area contributed by atoms with Gasteiger partial charge in [-0.2, -0.15) is 5.10 Å². The van der Waals surface area contributed by atoms with E-state index in [0.717, 1.165) is 0 Å². The summed E-state index contributed by atoms with van der Waals surface area (Å²) >= 11 is 6.07. The number of carbonyl (C=O) groups excluding carboxylic acids is 2. The molecule has 0 saturated carbocycles. The van der Waals surface area contributed by atoms with Gasteiger partial charge in [-0.15, -0.1) is 0 Å². The van der Waals surface area contributed by atoms with E-state index in [4.69, 9.17) is 21.1 Å². The van der Waals surface area contributed by atoms with E-state index in [2.05, 4.69) is 5.10 Å². The molecule has 1 aromatic heterocycles. The lowest BCUT2D eigenvalue weighted by Gasteiger charge is -2.05. The SMILES string of the molecule is CCOc1ccc(C(=O)COC(=O)/C=C/c2c(C)nn(C)c2Cl)cc1. The van der Waals surface area contributed by atoms with Crippen LogP contribution in [0.4, 0.5) is 0 Å². The maximum absolute atomic E-state index is 12.0. The second-order valence-corrected chi connectivity index (χ2v) is 5.59. The van der Waals surface area contributed by atoms with Gasteiger partial charge in [0.25, 0.3) is 0 Å². The van der Waals surface area contributed by atoms with Gasteiger partial charge >= 0.3 is 5.97 Å². The standard InChI is InChI=1S/C18H19ClN2O4/c1-4-24-14-7-5-13(6-8-14)16(22)11-25-17(23)10-9-15-12(2)20-21(3)18(15)19/h5-10H,4,11H2,1-3H3/b10-9+. The number of esters is 1. The van der Waals surface area contributed by atoms with Crippen LogP contribution in [0.1, 0.15) is 28.5 Å². The van der Waals surface area contributed by atoms with Gasteiger partial charge in [0.2, 0.25) is 0 Å². The van der Waals surface area contributed by atoms with Gasteiger partial charge in [0, 0.05) is 24.3 Å². The van der Waals surface area contributed by atoms with Crippen molar-refractivity contribution in [3.8, 4) is 5.75 Å². The summed E-state index contributed by atoms with van der Waals surface area (Å²) in [5, 5.41) is 4.56. The molecule has 0 radical (unpaired) electrons. The summed E-state index contributed by atoms with van der Waals surface area (Å²) < 4.78 is 11.8. The second-order valence-electron chi connectivity index (χ2n) is 5.24. The number of aryl methyl sites for hydroxylation is 2. The Morgan fingerprint density at radius 3 is 2.52 bits per heavy atom. The highest BCUT2D eigenvalue weighted by Gasteiger charge is 2.11. The Morgan fingerprint density at radius 2 is 1.96 bits per heavy atom. The van der Waals surface area contributed by atoms with E-state index >= 15 is 0 Å². The first kappa shape index (κ1) is 18.7. The summed E-state index contributed by atoms with van der Waals surface area (Å²) in [5.41, 5.74) is 1.78. The van der Waals surface area contributed by atoms with E-state index in [1.54, 1.807) is 38.2 Å². The summed E-state index contributed by atoms with van der Waals surface area (Å²) in [6.07, 6.45) is 2.75. The molecule has 6 nitrogen and oxygen atoms in total. The Balaban J connectivity index is 1.90. The number of nitrogens with zero attached hydrogens (tertiary/aromatic N) is 2. The van der Waals surface area contributed by atoms with Crippen LogP contribution in [-0.4, -0.2) is 34.7 Å². The maximum atomic E-state index is 12.0. The van der Waals surface area contributed by atoms with Gasteiger partial charge in [0.05, 0.1) is 12.3 Å². The average molecular weight is 363 g/mol. The second kappa shape index (κ2) is 8.48. The molecule has 2 aromatic rings. The van der Waals surface area contributed by atoms with Crippen LogP contribution < -0.4 is 4.74 Å². The van der Waals surface area contributed by atoms with Crippen molar-refractivity contribution < 1.29 is 19.1 Å². The fourth-order valence-electron chi connectivity index (χ4n) is 2.16. The number of hydrogen-bond acceptors (Lipinski definition) is 5. The Morgan fingerprint density at radius 1 is 1.28 bits per heavy atom. The first-order valence-corrected chi connectivity index (χ1v) is 8.10. The van der Waals surface area contributed by atoms with Crippen molar-refractivity contribution in [2.75, 3.05) is 13.2 Å². The van der Waals surface area contributed by atoms with Gasteiger partial charge in [0.1, 0.15) is 10.9 Å². The van der Waals surface area contributed by atoms with Crippen LogP contribution in [0, 0.1) is 6.92 Å². The van der Waals surface area contributed by atoms with Crippen molar-refractivity contribution in [2.24, 2.45) is 7.05 Å². The lowest BCUT2D eigenvalue weighted by atomic mass is 10.1. The largest absolute Gasteiger partial charge is 0.494 e. The number of ketones is 1. The van der Waals surface area contributed by atoms with Crippen molar-refractivity contribution in [1.29, 1.82) is 0 Å². The van der Waals surface area contributed by atoms with Crippen LogP contribution in [0.2, 0.25) is 5.15 Å². The molecular formula is C18H19ClN2O4. The summed E-state index contributed by atoms with van der Waals surface area (Å²) in [5.74, 6) is -0.235. The summed E-state index contributed by atoms with van der Waals surface area (Å²) in [6, 6.07) is 6.67. The smallest absolute Gasteiger partial charge is 0.331 e. The molecule has 0 saturated heterocycles. The molecule has 0 fully saturated rings. The molecule has 0 unspecified atom stereocenters. The van der Waals surface area contributed by atoms with E-state index in [9.17, 15) is 9.59 Å². The molecular weight excluding hydrogens is 344 g/mol. The first-order valence-electron chi connectivity index (χ1n) is 7.72. The normalized spacial score (nSPS) is 10.9. The van der Waals surface area contributed by atoms with Crippen LogP contribution in [0.25, 0.3) is 6.08 Å². The Bertz CT molecular complexity index is 794. The lowest BCUT2D eigenvalue weighted by Crippen LogP contribution is -2.12. The van der Waals surface area contributed by atoms with Gasteiger partial charge in [-0.1, -0.05) is 11.6 Å². The summed E-state index contributed by atoms with van der Waals surface area (Å²) in [6.45, 7) is 3.88. The number of rotatable bonds is 7. The maximum Gasteiger partial charge on any atom is 0.331 e. The van der Waals surface area contributed by atoms with Crippen molar-refractivity contribution in [3.63, 3.8) is 0 Å². The molecule has 7 heteroatoms. The predicted molar refractivity (Wildman–Crippen MR) is 94.9 cm³/mol. The number of carbonyl (C=O) groups is 2. The molecule has 0 aliphatic heterocycles. The van der Waals surface area contributed by atoms with Crippen LogP contribution in [-0.2, 0) is 16.6 Å². The molecule has 0 bridgehead atoms. The van der Waals surface area contributed by atoms with Crippen LogP contribution in [0.3, 0.4) is 0 Å². The quantitative estimate of drug-likeness (QED) is 0.429. The van der Waals surface area contributed by atoms with Gasteiger partial charge < -0.3 is 9.47 Å². The van der Waals surface area contributed by atoms with Gasteiger partial charge in [-0.05, 0) is 44.2 Å². The van der Waals surface area contributed by atoms with E-state index in [1.807, 2.05) is 6.92 Å². The zero-order chi connectivity index (χ0) is 18.4. The molecule has 132 valence electrons. The molecule has 0 aliphatic carbocycles. The average Bonchev–Trinajstić information content (AvgIpc) is 2.84. The molecule has 1 heterocycles. The Hall–Kier alpha value is -2.60. The molecule has 0 atom stereocenters. The molecule has 0 spiro atoms. The van der Waals surface area contributed by atoms with Crippen molar-refractivity contribution >= 4 is 29.4 Å². The Kier molecular flexibility index (Phi) is 6.36. The highest BCUT2D eigenvalue weighted by Crippen LogP contribution is 2.20. The van der Waals surface area contributed by atoms with Crippen molar-refractivity contribution in [1.82, 2.24) is 9.78 Å². The topological polar surface area (TPSA) is 70.4 Å². The summed E-state index contributed by atoms with van der Waals surface area (Å²) in [4.78, 5) is 23.8. The van der Waals surface area contributed by atoms with Gasteiger partial charge in [0.15, 0.2) is 12.4 Å². The minimum absolute atomic E-state index is 0.291.